The van der Waals surface area contributed by atoms with Crippen molar-refractivity contribution in [3.8, 4) is 6.07 Å². The number of nitrogens with two attached hydrogens (primary N) is 1. The molecule has 1 aromatic rings. The number of rotatable bonds is 5. The molecule has 0 amide bonds. The summed E-state index contributed by atoms with van der Waals surface area (Å²) in [5, 5.41) is 19.0. The van der Waals surface area contributed by atoms with Gasteiger partial charge >= 0.3 is 0 Å². The zero-order chi connectivity index (χ0) is 12.8. The Kier molecular flexibility index (Phi) is 5.14. The predicted molar refractivity (Wildman–Crippen MR) is 68.2 cm³/mol. The first kappa shape index (κ1) is 13.7. The molecular formula is C14H20N2O. The Morgan fingerprint density at radius 1 is 1.29 bits per heavy atom. The lowest BCUT2D eigenvalue weighted by Crippen LogP contribution is -2.27. The highest BCUT2D eigenvalue weighted by atomic mass is 16.3. The number of hydrogen-bond acceptors (Lipinski definition) is 3. The minimum Gasteiger partial charge on any atom is -0.391 e. The molecule has 3 heteroatoms. The van der Waals surface area contributed by atoms with Crippen molar-refractivity contribution in [3.05, 3.63) is 35.4 Å². The monoisotopic (exact) mass is 232 g/mol. The highest BCUT2D eigenvalue weighted by Crippen LogP contribution is 2.22. The van der Waals surface area contributed by atoms with E-state index in [4.69, 9.17) is 11.0 Å². The Balaban J connectivity index is 2.75. The second kappa shape index (κ2) is 6.39. The minimum absolute atomic E-state index is 0.482. The molecule has 0 aromatic heterocycles. The normalized spacial score (nSPS) is 14.4. The molecule has 0 aliphatic carbocycles. The van der Waals surface area contributed by atoms with Crippen molar-refractivity contribution >= 4 is 0 Å². The van der Waals surface area contributed by atoms with Gasteiger partial charge in [0, 0.05) is 0 Å². The van der Waals surface area contributed by atoms with Crippen LogP contribution in [0.5, 0.6) is 0 Å². The summed E-state index contributed by atoms with van der Waals surface area (Å²) >= 11 is 0. The van der Waals surface area contributed by atoms with Gasteiger partial charge in [0.25, 0.3) is 0 Å². The Hall–Kier alpha value is -1.37. The van der Waals surface area contributed by atoms with E-state index < -0.39 is 12.1 Å². The van der Waals surface area contributed by atoms with Gasteiger partial charge in [-0.25, -0.2) is 0 Å². The molecule has 92 valence electrons. The van der Waals surface area contributed by atoms with Gasteiger partial charge in [0.05, 0.1) is 23.8 Å². The van der Waals surface area contributed by atoms with Gasteiger partial charge in [0.2, 0.25) is 0 Å². The zero-order valence-corrected chi connectivity index (χ0v) is 10.4. The molecular weight excluding hydrogens is 212 g/mol. The molecule has 3 N–H and O–H groups in total. The fourth-order valence-corrected chi connectivity index (χ4v) is 1.78. The average Bonchev–Trinajstić information content (AvgIpc) is 2.34. The first-order valence-corrected chi connectivity index (χ1v) is 5.99. The van der Waals surface area contributed by atoms with Crippen molar-refractivity contribution in [1.82, 2.24) is 0 Å². The van der Waals surface area contributed by atoms with Crippen LogP contribution in [0, 0.1) is 17.2 Å². The van der Waals surface area contributed by atoms with Crippen LogP contribution in [0.1, 0.15) is 43.9 Å². The minimum atomic E-state index is -0.591. The molecule has 0 spiro atoms. The number of benzene rings is 1. The van der Waals surface area contributed by atoms with Crippen molar-refractivity contribution < 1.29 is 5.11 Å². The van der Waals surface area contributed by atoms with Crippen molar-refractivity contribution in [2.24, 2.45) is 11.7 Å². The van der Waals surface area contributed by atoms with Crippen molar-refractivity contribution in [2.75, 3.05) is 0 Å². The number of nitriles is 1. The predicted octanol–water partition coefficient (Wildman–Crippen LogP) is 2.36. The van der Waals surface area contributed by atoms with Gasteiger partial charge in [-0.3, -0.25) is 0 Å². The second-order valence-corrected chi connectivity index (χ2v) is 4.76. The molecule has 0 aliphatic rings. The van der Waals surface area contributed by atoms with E-state index in [1.807, 2.05) is 12.1 Å². The lowest BCUT2D eigenvalue weighted by molar-refractivity contribution is 0.128. The van der Waals surface area contributed by atoms with Crippen LogP contribution in [0.2, 0.25) is 0 Å². The zero-order valence-electron chi connectivity index (χ0n) is 10.4. The lowest BCUT2D eigenvalue weighted by Gasteiger charge is -2.20. The maximum absolute atomic E-state index is 10.0. The molecule has 0 aliphatic heterocycles. The summed E-state index contributed by atoms with van der Waals surface area (Å²) < 4.78 is 0. The van der Waals surface area contributed by atoms with Crippen LogP contribution < -0.4 is 5.73 Å². The third kappa shape index (κ3) is 3.85. The van der Waals surface area contributed by atoms with Crippen molar-refractivity contribution in [3.63, 3.8) is 0 Å². The fourth-order valence-electron chi connectivity index (χ4n) is 1.78. The quantitative estimate of drug-likeness (QED) is 0.818. The molecule has 2 atom stereocenters. The van der Waals surface area contributed by atoms with Gasteiger partial charge in [-0.2, -0.15) is 5.26 Å². The second-order valence-electron chi connectivity index (χ2n) is 4.76. The van der Waals surface area contributed by atoms with Gasteiger partial charge in [-0.05, 0) is 30.4 Å². The number of hydrogen-bond donors (Lipinski definition) is 2. The maximum Gasteiger partial charge on any atom is 0.0995 e. The van der Waals surface area contributed by atoms with E-state index in [9.17, 15) is 5.11 Å². The Morgan fingerprint density at radius 3 is 2.53 bits per heavy atom. The summed E-state index contributed by atoms with van der Waals surface area (Å²) in [7, 11) is 0. The largest absolute Gasteiger partial charge is 0.391 e. The average molecular weight is 232 g/mol. The number of aliphatic hydroxyl groups is 1. The van der Waals surface area contributed by atoms with Gasteiger partial charge in [-0.1, -0.05) is 32.0 Å². The molecule has 0 bridgehead atoms. The highest BCUT2D eigenvalue weighted by molar-refractivity contribution is 5.39. The summed E-state index contributed by atoms with van der Waals surface area (Å²) in [4.78, 5) is 0. The molecule has 1 aromatic carbocycles. The molecule has 0 heterocycles. The van der Waals surface area contributed by atoms with Gasteiger partial charge in [0.15, 0.2) is 0 Å². The van der Waals surface area contributed by atoms with Gasteiger partial charge in [-0.15, -0.1) is 0 Å². The first-order chi connectivity index (χ1) is 8.06. The first-order valence-electron chi connectivity index (χ1n) is 5.99. The molecule has 0 saturated heterocycles. The Bertz CT molecular complexity index is 395. The molecule has 0 radical (unpaired) electrons. The topological polar surface area (TPSA) is 70.0 Å². The number of nitrogens with zero attached hydrogens (tertiary/aromatic N) is 1. The summed E-state index contributed by atoms with van der Waals surface area (Å²) in [6.45, 7) is 4.23. The van der Waals surface area contributed by atoms with Crippen molar-refractivity contribution in [2.45, 2.75) is 38.8 Å². The third-order valence-corrected chi connectivity index (χ3v) is 2.89. The Labute approximate surface area is 103 Å². The number of aliphatic hydroxyl groups excluding tert-OH is 1. The van der Waals surface area contributed by atoms with Crippen LogP contribution in [0.4, 0.5) is 0 Å². The molecule has 17 heavy (non-hydrogen) atoms. The summed E-state index contributed by atoms with van der Waals surface area (Å²) in [5.41, 5.74) is 7.27. The molecule has 0 fully saturated rings. The van der Waals surface area contributed by atoms with Crippen LogP contribution in [-0.4, -0.2) is 11.2 Å². The van der Waals surface area contributed by atoms with Crippen LogP contribution >= 0.6 is 0 Å². The van der Waals surface area contributed by atoms with E-state index in [1.165, 1.54) is 0 Å². The summed E-state index contributed by atoms with van der Waals surface area (Å²) in [6, 6.07) is 8.80. The third-order valence-electron chi connectivity index (χ3n) is 2.89. The van der Waals surface area contributed by atoms with E-state index in [0.29, 0.717) is 17.9 Å². The van der Waals surface area contributed by atoms with Gasteiger partial charge < -0.3 is 10.8 Å². The molecule has 0 saturated carbocycles. The smallest absolute Gasteiger partial charge is 0.0995 e. The van der Waals surface area contributed by atoms with Crippen LogP contribution in [0.25, 0.3) is 0 Å². The maximum atomic E-state index is 10.0. The Morgan fingerprint density at radius 2 is 1.94 bits per heavy atom. The van der Waals surface area contributed by atoms with Crippen molar-refractivity contribution in [1.29, 1.82) is 5.26 Å². The van der Waals surface area contributed by atoms with E-state index in [-0.39, 0.29) is 0 Å². The van der Waals surface area contributed by atoms with Crippen LogP contribution in [-0.2, 0) is 0 Å². The van der Waals surface area contributed by atoms with Crippen LogP contribution in [0.3, 0.4) is 0 Å². The van der Waals surface area contributed by atoms with E-state index >= 15 is 0 Å². The van der Waals surface area contributed by atoms with E-state index in [1.54, 1.807) is 12.1 Å². The van der Waals surface area contributed by atoms with Gasteiger partial charge in [0.1, 0.15) is 0 Å². The molecule has 1 rings (SSSR count). The summed E-state index contributed by atoms with van der Waals surface area (Å²) in [6.07, 6.45) is 1.01. The van der Waals surface area contributed by atoms with E-state index in [2.05, 4.69) is 19.9 Å². The lowest BCUT2D eigenvalue weighted by atomic mass is 9.93. The molecule has 0 unspecified atom stereocenters. The standard InChI is InChI=1S/C14H20N2O/c1-10(2)7-8-13(17)14(16)12-6-4-3-5-11(12)9-15/h3-6,10,13-14,17H,7-8,16H2,1-2H3/t13-,14+/m1/s1. The van der Waals surface area contributed by atoms with Crippen LogP contribution in [0.15, 0.2) is 24.3 Å². The fraction of sp³-hybridized carbons (Fsp3) is 0.500. The molecule has 3 nitrogen and oxygen atoms in total. The summed E-state index contributed by atoms with van der Waals surface area (Å²) in [5.74, 6) is 0.545. The highest BCUT2D eigenvalue weighted by Gasteiger charge is 2.19. The SMILES string of the molecule is CC(C)CC[C@@H](O)[C@@H](N)c1ccccc1C#N. The van der Waals surface area contributed by atoms with E-state index in [0.717, 1.165) is 12.0 Å².